The van der Waals surface area contributed by atoms with Crippen LogP contribution in [0.25, 0.3) is 0 Å². The third kappa shape index (κ3) is 4.21. The van der Waals surface area contributed by atoms with E-state index in [9.17, 15) is 18.0 Å². The number of esters is 1. The number of hydrogen-bond donors (Lipinski definition) is 0. The van der Waals surface area contributed by atoms with Crippen LogP contribution < -0.4 is 4.74 Å². The number of hydrogen-bond acceptors (Lipinski definition) is 3. The molecule has 0 aliphatic rings. The highest BCUT2D eigenvalue weighted by Crippen LogP contribution is 2.27. The molecular formula is C11H10BrF3O3. The van der Waals surface area contributed by atoms with E-state index >= 15 is 0 Å². The molecule has 1 unspecified atom stereocenters. The molecule has 0 saturated heterocycles. The van der Waals surface area contributed by atoms with Crippen LogP contribution in [-0.4, -0.2) is 24.9 Å². The van der Waals surface area contributed by atoms with Gasteiger partial charge in [-0.3, -0.25) is 0 Å². The van der Waals surface area contributed by atoms with Crippen molar-refractivity contribution in [2.45, 2.75) is 19.2 Å². The number of rotatable bonds is 4. The lowest BCUT2D eigenvalue weighted by atomic mass is 10.3. The Bertz CT molecular complexity index is 403. The van der Waals surface area contributed by atoms with Crippen LogP contribution >= 0.6 is 15.9 Å². The molecule has 0 heterocycles. The molecule has 0 aliphatic heterocycles. The molecule has 1 atom stereocenters. The van der Waals surface area contributed by atoms with E-state index in [1.807, 2.05) is 0 Å². The number of carbonyl (C=O) groups is 1. The fourth-order valence-corrected chi connectivity index (χ4v) is 1.38. The third-order valence-electron chi connectivity index (χ3n) is 1.87. The third-order valence-corrected chi connectivity index (χ3v) is 2.39. The first-order valence-corrected chi connectivity index (χ1v) is 5.79. The predicted octanol–water partition coefficient (Wildman–Crippen LogP) is 3.32. The molecule has 18 heavy (non-hydrogen) atoms. The van der Waals surface area contributed by atoms with E-state index in [0.717, 1.165) is 0 Å². The molecule has 0 bridgehead atoms. The lowest BCUT2D eigenvalue weighted by Gasteiger charge is -2.19. The van der Waals surface area contributed by atoms with E-state index in [4.69, 9.17) is 0 Å². The van der Waals surface area contributed by atoms with Crippen LogP contribution in [0.3, 0.4) is 0 Å². The largest absolute Gasteiger partial charge is 0.469 e. The van der Waals surface area contributed by atoms with Crippen LogP contribution in [0.1, 0.15) is 6.92 Å². The van der Waals surface area contributed by atoms with Gasteiger partial charge in [0.05, 0.1) is 6.61 Å². The zero-order valence-corrected chi connectivity index (χ0v) is 10.9. The van der Waals surface area contributed by atoms with Gasteiger partial charge in [0, 0.05) is 4.47 Å². The van der Waals surface area contributed by atoms with Crippen molar-refractivity contribution in [1.29, 1.82) is 0 Å². The summed E-state index contributed by atoms with van der Waals surface area (Å²) in [7, 11) is 0. The maximum atomic E-state index is 12.6. The fraction of sp³-hybridized carbons (Fsp3) is 0.364. The van der Waals surface area contributed by atoms with Crippen molar-refractivity contribution in [1.82, 2.24) is 0 Å². The summed E-state index contributed by atoms with van der Waals surface area (Å²) in [5.41, 5.74) is 0. The average Bonchev–Trinajstić information content (AvgIpc) is 2.26. The van der Waals surface area contributed by atoms with Gasteiger partial charge in [0.15, 0.2) is 0 Å². The number of halogens is 4. The van der Waals surface area contributed by atoms with Gasteiger partial charge >= 0.3 is 12.1 Å². The highest BCUT2D eigenvalue weighted by Gasteiger charge is 2.48. The second-order valence-corrected chi connectivity index (χ2v) is 4.16. The quantitative estimate of drug-likeness (QED) is 0.796. The summed E-state index contributed by atoms with van der Waals surface area (Å²) in [4.78, 5) is 11.2. The Morgan fingerprint density at radius 1 is 1.33 bits per heavy atom. The Hall–Kier alpha value is -1.24. The van der Waals surface area contributed by atoms with Gasteiger partial charge < -0.3 is 9.47 Å². The van der Waals surface area contributed by atoms with E-state index < -0.39 is 18.2 Å². The summed E-state index contributed by atoms with van der Waals surface area (Å²) < 4.78 is 47.5. The Morgan fingerprint density at radius 3 is 2.33 bits per heavy atom. The van der Waals surface area contributed by atoms with Crippen LogP contribution in [-0.2, 0) is 9.53 Å². The normalized spacial score (nSPS) is 12.9. The maximum absolute atomic E-state index is 12.6. The zero-order chi connectivity index (χ0) is 13.8. The first kappa shape index (κ1) is 14.8. The van der Waals surface area contributed by atoms with Gasteiger partial charge in [0.1, 0.15) is 5.75 Å². The Kier molecular flexibility index (Phi) is 5.01. The van der Waals surface area contributed by atoms with E-state index in [-0.39, 0.29) is 12.4 Å². The Balaban J connectivity index is 2.85. The monoisotopic (exact) mass is 326 g/mol. The first-order chi connectivity index (χ1) is 8.34. The van der Waals surface area contributed by atoms with Crippen LogP contribution in [0, 0.1) is 0 Å². The zero-order valence-electron chi connectivity index (χ0n) is 9.33. The smallest absolute Gasteiger partial charge is 0.436 e. The minimum atomic E-state index is -4.82. The average molecular weight is 327 g/mol. The second-order valence-electron chi connectivity index (χ2n) is 3.25. The van der Waals surface area contributed by atoms with Crippen LogP contribution in [0.4, 0.5) is 13.2 Å². The molecule has 0 radical (unpaired) electrons. The van der Waals surface area contributed by atoms with E-state index in [2.05, 4.69) is 25.4 Å². The molecule has 1 rings (SSSR count). The highest BCUT2D eigenvalue weighted by atomic mass is 79.9. The lowest BCUT2D eigenvalue weighted by Crippen LogP contribution is -2.42. The summed E-state index contributed by atoms with van der Waals surface area (Å²) in [5, 5.41) is 0. The molecule has 0 N–H and O–H groups in total. The highest BCUT2D eigenvalue weighted by molar-refractivity contribution is 9.10. The minimum Gasteiger partial charge on any atom is -0.469 e. The number of ether oxygens (including phenoxy) is 2. The van der Waals surface area contributed by atoms with Crippen molar-refractivity contribution in [2.75, 3.05) is 6.61 Å². The summed E-state index contributed by atoms with van der Waals surface area (Å²) in [6, 6.07) is 5.66. The van der Waals surface area contributed by atoms with Crippen molar-refractivity contribution >= 4 is 21.9 Å². The lowest BCUT2D eigenvalue weighted by molar-refractivity contribution is -0.211. The fourth-order valence-electron chi connectivity index (χ4n) is 1.12. The summed E-state index contributed by atoms with van der Waals surface area (Å²) in [5.74, 6) is -1.51. The number of alkyl halides is 3. The van der Waals surface area contributed by atoms with Crippen molar-refractivity contribution < 1.29 is 27.4 Å². The molecule has 0 aromatic heterocycles. The van der Waals surface area contributed by atoms with E-state index in [1.165, 1.54) is 31.2 Å². The maximum Gasteiger partial charge on any atom is 0.436 e. The molecule has 100 valence electrons. The molecule has 0 fully saturated rings. The van der Waals surface area contributed by atoms with Gasteiger partial charge in [0.2, 0.25) is 0 Å². The van der Waals surface area contributed by atoms with Gasteiger partial charge in [-0.05, 0) is 31.2 Å². The molecule has 0 amide bonds. The van der Waals surface area contributed by atoms with Crippen molar-refractivity contribution in [3.8, 4) is 5.75 Å². The van der Waals surface area contributed by atoms with Crippen LogP contribution in [0.15, 0.2) is 28.7 Å². The Morgan fingerprint density at radius 2 is 1.89 bits per heavy atom. The van der Waals surface area contributed by atoms with Crippen molar-refractivity contribution in [3.05, 3.63) is 28.7 Å². The molecule has 0 saturated carbocycles. The number of carbonyl (C=O) groups excluding carboxylic acids is 1. The molecular weight excluding hydrogens is 317 g/mol. The number of benzene rings is 1. The van der Waals surface area contributed by atoms with Crippen molar-refractivity contribution in [3.63, 3.8) is 0 Å². The minimum absolute atomic E-state index is 0.0615. The Labute approximate surface area is 110 Å². The van der Waals surface area contributed by atoms with E-state index in [0.29, 0.717) is 4.47 Å². The molecule has 3 nitrogen and oxygen atoms in total. The molecule has 0 aliphatic carbocycles. The summed E-state index contributed by atoms with van der Waals surface area (Å²) >= 11 is 3.14. The molecule has 7 heteroatoms. The van der Waals surface area contributed by atoms with E-state index in [1.54, 1.807) is 0 Å². The van der Waals surface area contributed by atoms with Gasteiger partial charge in [-0.2, -0.15) is 13.2 Å². The summed E-state index contributed by atoms with van der Waals surface area (Å²) in [6.07, 6.45) is -7.43. The van der Waals surface area contributed by atoms with Crippen LogP contribution in [0.5, 0.6) is 5.75 Å². The van der Waals surface area contributed by atoms with Crippen LogP contribution in [0.2, 0.25) is 0 Å². The van der Waals surface area contributed by atoms with Gasteiger partial charge in [0.25, 0.3) is 6.10 Å². The SMILES string of the molecule is CCOC(=O)C(Oc1ccc(Br)cc1)C(F)(F)F. The van der Waals surface area contributed by atoms with Crippen molar-refractivity contribution in [2.24, 2.45) is 0 Å². The topological polar surface area (TPSA) is 35.5 Å². The second kappa shape index (κ2) is 6.08. The first-order valence-electron chi connectivity index (χ1n) is 5.00. The summed E-state index contributed by atoms with van der Waals surface area (Å²) in [6.45, 7) is 1.28. The molecule has 0 spiro atoms. The molecule has 1 aromatic rings. The molecule has 1 aromatic carbocycles. The predicted molar refractivity (Wildman–Crippen MR) is 61.2 cm³/mol. The van der Waals surface area contributed by atoms with Gasteiger partial charge in [-0.1, -0.05) is 15.9 Å². The van der Waals surface area contributed by atoms with Gasteiger partial charge in [-0.25, -0.2) is 4.79 Å². The standard InChI is InChI=1S/C11H10BrF3O3/c1-2-17-10(16)9(11(13,14)15)18-8-5-3-7(12)4-6-8/h3-6,9H,2H2,1H3. The van der Waals surface area contributed by atoms with Gasteiger partial charge in [-0.15, -0.1) is 0 Å².